The quantitative estimate of drug-likeness (QED) is 0.578. The molecule has 1 aromatic heterocycles. The van der Waals surface area contributed by atoms with E-state index in [0.29, 0.717) is 28.8 Å². The Morgan fingerprint density at radius 2 is 1.69 bits per heavy atom. The van der Waals surface area contributed by atoms with E-state index in [2.05, 4.69) is 35.5 Å². The van der Waals surface area contributed by atoms with Crippen LogP contribution >= 0.6 is 0 Å². The largest absolute Gasteiger partial charge is 0.493 e. The van der Waals surface area contributed by atoms with E-state index in [1.165, 1.54) is 5.56 Å². The van der Waals surface area contributed by atoms with Gasteiger partial charge in [0.15, 0.2) is 11.5 Å². The minimum Gasteiger partial charge on any atom is -0.493 e. The molecular formula is C23H25N3O3. The molecule has 0 aliphatic heterocycles. The SMILES string of the molecule is COc1ccc(NC(=O)c2cc(Nc3ccccc3C(C)C)ccn2)cc1OC. The van der Waals surface area contributed by atoms with Gasteiger partial charge in [0.2, 0.25) is 0 Å². The Kier molecular flexibility index (Phi) is 6.34. The van der Waals surface area contributed by atoms with E-state index in [-0.39, 0.29) is 5.91 Å². The number of benzene rings is 2. The number of rotatable bonds is 7. The highest BCUT2D eigenvalue weighted by atomic mass is 16.5. The smallest absolute Gasteiger partial charge is 0.274 e. The summed E-state index contributed by atoms with van der Waals surface area (Å²) in [6.07, 6.45) is 1.61. The van der Waals surface area contributed by atoms with Crippen LogP contribution in [0.3, 0.4) is 0 Å². The molecule has 3 rings (SSSR count). The van der Waals surface area contributed by atoms with E-state index in [1.807, 2.05) is 24.3 Å². The van der Waals surface area contributed by atoms with Crippen molar-refractivity contribution in [2.24, 2.45) is 0 Å². The van der Waals surface area contributed by atoms with Crippen molar-refractivity contribution >= 4 is 23.0 Å². The van der Waals surface area contributed by atoms with Gasteiger partial charge < -0.3 is 20.1 Å². The van der Waals surface area contributed by atoms with Gasteiger partial charge in [-0.05, 0) is 41.8 Å². The van der Waals surface area contributed by atoms with Crippen molar-refractivity contribution in [3.63, 3.8) is 0 Å². The van der Waals surface area contributed by atoms with Crippen molar-refractivity contribution in [2.45, 2.75) is 19.8 Å². The molecule has 1 amide bonds. The second-order valence-electron chi connectivity index (χ2n) is 6.82. The molecule has 29 heavy (non-hydrogen) atoms. The Hall–Kier alpha value is -3.54. The van der Waals surface area contributed by atoms with Crippen LogP contribution in [0.4, 0.5) is 17.1 Å². The maximum atomic E-state index is 12.7. The number of para-hydroxylation sites is 1. The molecule has 150 valence electrons. The number of aromatic nitrogens is 1. The van der Waals surface area contributed by atoms with Crippen LogP contribution in [0.5, 0.6) is 11.5 Å². The first kappa shape index (κ1) is 20.2. The molecule has 1 heterocycles. The van der Waals surface area contributed by atoms with Crippen LogP contribution in [0.25, 0.3) is 0 Å². The highest BCUT2D eigenvalue weighted by molar-refractivity contribution is 6.03. The summed E-state index contributed by atoms with van der Waals surface area (Å²) in [6, 6.07) is 16.9. The molecule has 6 heteroatoms. The molecule has 0 aliphatic carbocycles. The number of carbonyl (C=O) groups is 1. The first-order chi connectivity index (χ1) is 14.0. The Labute approximate surface area is 170 Å². The number of anilines is 3. The topological polar surface area (TPSA) is 72.5 Å². The average molecular weight is 391 g/mol. The predicted octanol–water partition coefficient (Wildman–Crippen LogP) is 5.22. The minimum atomic E-state index is -0.307. The number of methoxy groups -OCH3 is 2. The maximum absolute atomic E-state index is 12.7. The van der Waals surface area contributed by atoms with Gasteiger partial charge in [0.25, 0.3) is 5.91 Å². The van der Waals surface area contributed by atoms with Gasteiger partial charge in [0, 0.05) is 29.3 Å². The van der Waals surface area contributed by atoms with Gasteiger partial charge in [-0.2, -0.15) is 0 Å². The lowest BCUT2D eigenvalue weighted by Gasteiger charge is -2.15. The van der Waals surface area contributed by atoms with Crippen LogP contribution in [0, 0.1) is 0 Å². The normalized spacial score (nSPS) is 10.5. The lowest BCUT2D eigenvalue weighted by molar-refractivity contribution is 0.102. The van der Waals surface area contributed by atoms with Crippen LogP contribution in [0.2, 0.25) is 0 Å². The van der Waals surface area contributed by atoms with E-state index in [9.17, 15) is 4.79 Å². The van der Waals surface area contributed by atoms with Crippen LogP contribution in [-0.4, -0.2) is 25.1 Å². The summed E-state index contributed by atoms with van der Waals surface area (Å²) in [4.78, 5) is 16.9. The second kappa shape index (κ2) is 9.10. The van der Waals surface area contributed by atoms with Gasteiger partial charge in [0.1, 0.15) is 5.69 Å². The Balaban J connectivity index is 1.78. The molecule has 6 nitrogen and oxygen atoms in total. The minimum absolute atomic E-state index is 0.307. The fourth-order valence-corrected chi connectivity index (χ4v) is 3.01. The molecule has 0 saturated heterocycles. The van der Waals surface area contributed by atoms with Crippen LogP contribution < -0.4 is 20.1 Å². The van der Waals surface area contributed by atoms with E-state index in [0.717, 1.165) is 11.4 Å². The number of ether oxygens (including phenoxy) is 2. The van der Waals surface area contributed by atoms with Crippen molar-refractivity contribution < 1.29 is 14.3 Å². The molecule has 0 aliphatic rings. The molecule has 0 radical (unpaired) electrons. The fourth-order valence-electron chi connectivity index (χ4n) is 3.01. The lowest BCUT2D eigenvalue weighted by Crippen LogP contribution is -2.14. The molecule has 2 aromatic carbocycles. The van der Waals surface area contributed by atoms with Crippen LogP contribution in [-0.2, 0) is 0 Å². The molecule has 3 aromatic rings. The summed E-state index contributed by atoms with van der Waals surface area (Å²) in [6.45, 7) is 4.30. The molecule has 0 unspecified atom stereocenters. The van der Waals surface area contributed by atoms with Crippen molar-refractivity contribution in [1.82, 2.24) is 4.98 Å². The van der Waals surface area contributed by atoms with Crippen LogP contribution in [0.15, 0.2) is 60.8 Å². The second-order valence-corrected chi connectivity index (χ2v) is 6.82. The Bertz CT molecular complexity index is 1000. The third-order valence-electron chi connectivity index (χ3n) is 4.50. The predicted molar refractivity (Wildman–Crippen MR) is 116 cm³/mol. The summed E-state index contributed by atoms with van der Waals surface area (Å²) < 4.78 is 10.5. The van der Waals surface area contributed by atoms with Gasteiger partial charge in [-0.1, -0.05) is 32.0 Å². The standard InChI is InChI=1S/C23H25N3O3/c1-15(2)18-7-5-6-8-19(18)25-17-11-12-24-20(13-17)23(27)26-16-9-10-21(28-3)22(14-16)29-4/h5-15H,1-4H3,(H,24,25)(H,26,27). The van der Waals surface area contributed by atoms with Gasteiger partial charge in [-0.25, -0.2) is 0 Å². The van der Waals surface area contributed by atoms with Gasteiger partial charge in [-0.3, -0.25) is 9.78 Å². The molecular weight excluding hydrogens is 366 g/mol. The number of hydrogen-bond donors (Lipinski definition) is 2. The number of pyridine rings is 1. The summed E-state index contributed by atoms with van der Waals surface area (Å²) in [5.41, 5.74) is 3.93. The fraction of sp³-hybridized carbons (Fsp3) is 0.217. The summed E-state index contributed by atoms with van der Waals surface area (Å²) >= 11 is 0. The molecule has 0 spiro atoms. The van der Waals surface area contributed by atoms with Gasteiger partial charge in [0.05, 0.1) is 14.2 Å². The highest BCUT2D eigenvalue weighted by Crippen LogP contribution is 2.30. The third kappa shape index (κ3) is 4.85. The van der Waals surface area contributed by atoms with E-state index < -0.39 is 0 Å². The lowest BCUT2D eigenvalue weighted by atomic mass is 10.0. The van der Waals surface area contributed by atoms with E-state index in [1.54, 1.807) is 44.7 Å². The maximum Gasteiger partial charge on any atom is 0.274 e. The first-order valence-corrected chi connectivity index (χ1v) is 9.37. The van der Waals surface area contributed by atoms with E-state index >= 15 is 0 Å². The number of amides is 1. The highest BCUT2D eigenvalue weighted by Gasteiger charge is 2.12. The molecule has 0 atom stereocenters. The first-order valence-electron chi connectivity index (χ1n) is 9.37. The summed E-state index contributed by atoms with van der Waals surface area (Å²) in [7, 11) is 3.12. The zero-order valence-corrected chi connectivity index (χ0v) is 17.0. The van der Waals surface area contributed by atoms with Gasteiger partial charge >= 0.3 is 0 Å². The monoisotopic (exact) mass is 391 g/mol. The van der Waals surface area contributed by atoms with E-state index in [4.69, 9.17) is 9.47 Å². The van der Waals surface area contributed by atoms with Crippen molar-refractivity contribution in [3.8, 4) is 11.5 Å². The van der Waals surface area contributed by atoms with Crippen LogP contribution in [0.1, 0.15) is 35.8 Å². The Morgan fingerprint density at radius 1 is 0.931 bits per heavy atom. The zero-order chi connectivity index (χ0) is 20.8. The zero-order valence-electron chi connectivity index (χ0n) is 17.0. The Morgan fingerprint density at radius 3 is 2.41 bits per heavy atom. The molecule has 2 N–H and O–H groups in total. The summed E-state index contributed by atoms with van der Waals surface area (Å²) in [5, 5.41) is 6.23. The van der Waals surface area contributed by atoms with Crippen molar-refractivity contribution in [1.29, 1.82) is 0 Å². The average Bonchev–Trinajstić information content (AvgIpc) is 2.74. The number of hydrogen-bond acceptors (Lipinski definition) is 5. The number of carbonyl (C=O) groups excluding carboxylic acids is 1. The molecule has 0 bridgehead atoms. The molecule has 0 fully saturated rings. The van der Waals surface area contributed by atoms with Crippen molar-refractivity contribution in [2.75, 3.05) is 24.9 Å². The summed E-state index contributed by atoms with van der Waals surface area (Å²) in [5.74, 6) is 1.21. The number of nitrogens with one attached hydrogen (secondary N) is 2. The number of nitrogens with zero attached hydrogens (tertiary/aromatic N) is 1. The molecule has 0 saturated carbocycles. The van der Waals surface area contributed by atoms with Gasteiger partial charge in [-0.15, -0.1) is 0 Å². The third-order valence-corrected chi connectivity index (χ3v) is 4.50. The van der Waals surface area contributed by atoms with Crippen molar-refractivity contribution in [3.05, 3.63) is 72.1 Å².